The summed E-state index contributed by atoms with van der Waals surface area (Å²) in [5.74, 6) is -0.158. The molecule has 0 unspecified atom stereocenters. The maximum Gasteiger partial charge on any atom is 0.268 e. The van der Waals surface area contributed by atoms with Crippen LogP contribution in [0.5, 0.6) is 0 Å². The highest BCUT2D eigenvalue weighted by Crippen LogP contribution is 2.21. The van der Waals surface area contributed by atoms with Crippen molar-refractivity contribution in [1.29, 1.82) is 0 Å². The molecule has 22 heavy (non-hydrogen) atoms. The van der Waals surface area contributed by atoms with Crippen molar-refractivity contribution in [2.75, 3.05) is 0 Å². The molecule has 5 heteroatoms. The van der Waals surface area contributed by atoms with Gasteiger partial charge >= 0.3 is 0 Å². The van der Waals surface area contributed by atoms with E-state index in [-0.39, 0.29) is 11.9 Å². The Morgan fingerprint density at radius 3 is 2.45 bits per heavy atom. The summed E-state index contributed by atoms with van der Waals surface area (Å²) in [6.45, 7) is 1.93. The number of aromatic nitrogens is 1. The van der Waals surface area contributed by atoms with Crippen molar-refractivity contribution in [3.63, 3.8) is 0 Å². The van der Waals surface area contributed by atoms with Gasteiger partial charge in [0.2, 0.25) is 0 Å². The summed E-state index contributed by atoms with van der Waals surface area (Å²) in [6, 6.07) is 14.6. The number of nitrogens with one attached hydrogen (secondary N) is 2. The highest BCUT2D eigenvalue weighted by atomic mass is 35.5. The Morgan fingerprint density at radius 1 is 1.05 bits per heavy atom. The fourth-order valence-corrected chi connectivity index (χ4v) is 2.64. The second-order valence-electron chi connectivity index (χ2n) is 5.16. The molecule has 0 aliphatic rings. The number of rotatable bonds is 3. The number of aromatic amines is 1. The third kappa shape index (κ3) is 3.11. The van der Waals surface area contributed by atoms with Crippen molar-refractivity contribution < 1.29 is 4.79 Å². The molecule has 1 amide bonds. The zero-order chi connectivity index (χ0) is 15.7. The van der Waals surface area contributed by atoms with Gasteiger partial charge in [0.15, 0.2) is 0 Å². The van der Waals surface area contributed by atoms with Gasteiger partial charge in [0.1, 0.15) is 5.69 Å². The number of carbonyl (C=O) groups is 1. The topological polar surface area (TPSA) is 44.9 Å². The largest absolute Gasteiger partial charge is 0.351 e. The number of benzene rings is 2. The van der Waals surface area contributed by atoms with Crippen LogP contribution in [-0.2, 0) is 0 Å². The van der Waals surface area contributed by atoms with Crippen molar-refractivity contribution in [1.82, 2.24) is 10.3 Å². The average Bonchev–Trinajstić information content (AvgIpc) is 2.91. The van der Waals surface area contributed by atoms with Crippen LogP contribution in [0.4, 0.5) is 0 Å². The van der Waals surface area contributed by atoms with E-state index in [9.17, 15) is 4.79 Å². The summed E-state index contributed by atoms with van der Waals surface area (Å²) in [6.07, 6.45) is 0. The molecule has 0 aliphatic heterocycles. The molecule has 0 radical (unpaired) electrons. The average molecular weight is 333 g/mol. The minimum atomic E-state index is -0.158. The quantitative estimate of drug-likeness (QED) is 0.699. The molecule has 3 aromatic rings. The monoisotopic (exact) mass is 332 g/mol. The summed E-state index contributed by atoms with van der Waals surface area (Å²) in [5, 5.41) is 5.20. The molecular formula is C17H14Cl2N2O. The van der Waals surface area contributed by atoms with Crippen LogP contribution in [0.1, 0.15) is 29.0 Å². The van der Waals surface area contributed by atoms with E-state index < -0.39 is 0 Å². The first-order valence-electron chi connectivity index (χ1n) is 6.87. The standard InChI is InChI=1S/C17H14Cl2N2O/c1-10(11-2-4-13(18)5-3-11)20-17(22)16-9-12-8-14(19)6-7-15(12)21-16/h2-10,21H,1H3,(H,20,22)/t10-/m1/s1. The van der Waals surface area contributed by atoms with Crippen LogP contribution < -0.4 is 5.32 Å². The normalized spacial score (nSPS) is 12.3. The van der Waals surface area contributed by atoms with E-state index in [4.69, 9.17) is 23.2 Å². The molecule has 2 N–H and O–H groups in total. The van der Waals surface area contributed by atoms with Crippen LogP contribution in [0, 0.1) is 0 Å². The summed E-state index contributed by atoms with van der Waals surface area (Å²) in [4.78, 5) is 15.4. The molecule has 0 saturated carbocycles. The predicted octanol–water partition coefficient (Wildman–Crippen LogP) is 4.97. The van der Waals surface area contributed by atoms with E-state index in [1.807, 2.05) is 43.3 Å². The molecule has 3 rings (SSSR count). The summed E-state index contributed by atoms with van der Waals surface area (Å²) >= 11 is 11.8. The molecule has 112 valence electrons. The number of hydrogen-bond acceptors (Lipinski definition) is 1. The first-order chi connectivity index (χ1) is 10.5. The summed E-state index contributed by atoms with van der Waals surface area (Å²) in [5.41, 5.74) is 2.39. The lowest BCUT2D eigenvalue weighted by molar-refractivity contribution is 0.0935. The molecule has 0 bridgehead atoms. The molecule has 1 heterocycles. The SMILES string of the molecule is C[C@@H](NC(=O)c1cc2cc(Cl)ccc2[nH]1)c1ccc(Cl)cc1. The van der Waals surface area contributed by atoms with E-state index in [0.29, 0.717) is 15.7 Å². The van der Waals surface area contributed by atoms with Crippen LogP contribution in [-0.4, -0.2) is 10.9 Å². The molecule has 0 saturated heterocycles. The Balaban J connectivity index is 1.79. The van der Waals surface area contributed by atoms with Gasteiger partial charge in [-0.25, -0.2) is 0 Å². The minimum Gasteiger partial charge on any atom is -0.351 e. The molecular weight excluding hydrogens is 319 g/mol. The third-order valence-corrected chi connectivity index (χ3v) is 4.03. The third-order valence-electron chi connectivity index (χ3n) is 3.55. The van der Waals surface area contributed by atoms with Gasteiger partial charge in [0, 0.05) is 20.9 Å². The number of H-pyrrole nitrogens is 1. The number of hydrogen-bond donors (Lipinski definition) is 2. The van der Waals surface area contributed by atoms with Gasteiger partial charge in [0.05, 0.1) is 6.04 Å². The van der Waals surface area contributed by atoms with E-state index >= 15 is 0 Å². The number of fused-ring (bicyclic) bond motifs is 1. The van der Waals surface area contributed by atoms with Crippen molar-refractivity contribution in [2.24, 2.45) is 0 Å². The molecule has 1 aromatic heterocycles. The Kier molecular flexibility index (Phi) is 4.10. The Morgan fingerprint density at radius 2 is 1.73 bits per heavy atom. The van der Waals surface area contributed by atoms with Crippen LogP contribution in [0.15, 0.2) is 48.5 Å². The first-order valence-corrected chi connectivity index (χ1v) is 7.63. The number of amides is 1. The van der Waals surface area contributed by atoms with Crippen molar-refractivity contribution in [3.05, 3.63) is 69.8 Å². The van der Waals surface area contributed by atoms with Gasteiger partial charge < -0.3 is 10.3 Å². The van der Waals surface area contributed by atoms with E-state index in [1.54, 1.807) is 12.1 Å². The van der Waals surface area contributed by atoms with Crippen molar-refractivity contribution in [2.45, 2.75) is 13.0 Å². The van der Waals surface area contributed by atoms with Crippen molar-refractivity contribution in [3.8, 4) is 0 Å². The second kappa shape index (κ2) is 6.03. The van der Waals surface area contributed by atoms with E-state index in [0.717, 1.165) is 16.5 Å². The zero-order valence-corrected chi connectivity index (χ0v) is 13.4. The zero-order valence-electron chi connectivity index (χ0n) is 11.9. The van der Waals surface area contributed by atoms with Gasteiger partial charge in [-0.2, -0.15) is 0 Å². The highest BCUT2D eigenvalue weighted by molar-refractivity contribution is 6.31. The number of halogens is 2. The van der Waals surface area contributed by atoms with Gasteiger partial charge in [-0.05, 0) is 48.9 Å². The van der Waals surface area contributed by atoms with Gasteiger partial charge in [0.25, 0.3) is 5.91 Å². The lowest BCUT2D eigenvalue weighted by Gasteiger charge is -2.13. The first kappa shape index (κ1) is 14.9. The van der Waals surface area contributed by atoms with Gasteiger partial charge in [-0.3, -0.25) is 4.79 Å². The summed E-state index contributed by atoms with van der Waals surface area (Å²) in [7, 11) is 0. The Hall–Kier alpha value is -1.97. The molecule has 0 spiro atoms. The maximum atomic E-state index is 12.3. The molecule has 0 fully saturated rings. The lowest BCUT2D eigenvalue weighted by Crippen LogP contribution is -2.26. The molecule has 0 aliphatic carbocycles. The highest BCUT2D eigenvalue weighted by Gasteiger charge is 2.13. The molecule has 2 aromatic carbocycles. The minimum absolute atomic E-state index is 0.111. The van der Waals surface area contributed by atoms with Crippen LogP contribution in [0.3, 0.4) is 0 Å². The maximum absolute atomic E-state index is 12.3. The summed E-state index contributed by atoms with van der Waals surface area (Å²) < 4.78 is 0. The Bertz CT molecular complexity index is 824. The fraction of sp³-hybridized carbons (Fsp3) is 0.118. The number of carbonyl (C=O) groups excluding carboxylic acids is 1. The Labute approximate surface area is 138 Å². The molecule has 3 nitrogen and oxygen atoms in total. The van der Waals surface area contributed by atoms with Crippen LogP contribution >= 0.6 is 23.2 Å². The second-order valence-corrected chi connectivity index (χ2v) is 6.03. The predicted molar refractivity (Wildman–Crippen MR) is 90.6 cm³/mol. The lowest BCUT2D eigenvalue weighted by atomic mass is 10.1. The van der Waals surface area contributed by atoms with Crippen LogP contribution in [0.25, 0.3) is 10.9 Å². The van der Waals surface area contributed by atoms with E-state index in [2.05, 4.69) is 10.3 Å². The molecule has 1 atom stereocenters. The van der Waals surface area contributed by atoms with Crippen LogP contribution in [0.2, 0.25) is 10.0 Å². The van der Waals surface area contributed by atoms with Crippen molar-refractivity contribution >= 4 is 40.0 Å². The van der Waals surface area contributed by atoms with Gasteiger partial charge in [-0.1, -0.05) is 35.3 Å². The van der Waals surface area contributed by atoms with Gasteiger partial charge in [-0.15, -0.1) is 0 Å². The smallest absolute Gasteiger partial charge is 0.268 e. The fourth-order valence-electron chi connectivity index (χ4n) is 2.34. The van der Waals surface area contributed by atoms with E-state index in [1.165, 1.54) is 0 Å².